The van der Waals surface area contributed by atoms with Gasteiger partial charge in [0, 0.05) is 62.5 Å². The zero-order valence-corrected chi connectivity index (χ0v) is 20.7. The quantitative estimate of drug-likeness (QED) is 0.350. The molecule has 0 spiro atoms. The standard InChI is InChI=1S/C26H30F3N7O/c1-30-24-22(27)13-19(14-31-24)23-5-4-21-18(3-2-8-34-9-6-26(28,29)7-10-34)16-36(25(21)33-23)20-15-32-35(17-20)11-12-37/h4-5,13-17,37H,2-3,6-12H2,1H3,(H,30,31). The topological polar surface area (TPSA) is 84.0 Å². The Morgan fingerprint density at radius 1 is 1.11 bits per heavy atom. The van der Waals surface area contributed by atoms with Crippen molar-refractivity contribution in [1.29, 1.82) is 0 Å². The van der Waals surface area contributed by atoms with Crippen molar-refractivity contribution in [2.24, 2.45) is 0 Å². The molecule has 8 nitrogen and oxygen atoms in total. The van der Waals surface area contributed by atoms with E-state index in [1.165, 1.54) is 6.07 Å². The number of pyridine rings is 2. The van der Waals surface area contributed by atoms with Crippen LogP contribution in [0.4, 0.5) is 19.0 Å². The number of anilines is 1. The van der Waals surface area contributed by atoms with Gasteiger partial charge >= 0.3 is 0 Å². The molecule has 0 radical (unpaired) electrons. The van der Waals surface area contributed by atoms with E-state index in [0.29, 0.717) is 36.5 Å². The lowest BCUT2D eigenvalue weighted by molar-refractivity contribution is -0.0551. The normalized spacial score (nSPS) is 15.9. The van der Waals surface area contributed by atoms with Crippen LogP contribution in [0, 0.1) is 5.82 Å². The zero-order valence-electron chi connectivity index (χ0n) is 20.7. The van der Waals surface area contributed by atoms with Crippen LogP contribution >= 0.6 is 0 Å². The van der Waals surface area contributed by atoms with E-state index in [9.17, 15) is 18.3 Å². The Morgan fingerprint density at radius 2 is 1.92 bits per heavy atom. The fourth-order valence-corrected chi connectivity index (χ4v) is 4.79. The second-order valence-corrected chi connectivity index (χ2v) is 9.38. The van der Waals surface area contributed by atoms with Crippen LogP contribution in [-0.4, -0.2) is 73.5 Å². The number of hydrogen-bond donors (Lipinski definition) is 2. The van der Waals surface area contributed by atoms with Crippen molar-refractivity contribution in [2.75, 3.05) is 38.6 Å². The number of halogens is 3. The van der Waals surface area contributed by atoms with Gasteiger partial charge in [0.15, 0.2) is 11.6 Å². The maximum absolute atomic E-state index is 14.4. The van der Waals surface area contributed by atoms with Gasteiger partial charge in [-0.15, -0.1) is 0 Å². The van der Waals surface area contributed by atoms with Crippen molar-refractivity contribution in [1.82, 2.24) is 29.2 Å². The average molecular weight is 514 g/mol. The molecule has 1 aliphatic rings. The zero-order chi connectivity index (χ0) is 26.0. The number of nitrogens with zero attached hydrogens (tertiary/aromatic N) is 6. The van der Waals surface area contributed by atoms with Gasteiger partial charge < -0.3 is 15.3 Å². The summed E-state index contributed by atoms with van der Waals surface area (Å²) in [5.74, 6) is -2.83. The van der Waals surface area contributed by atoms with E-state index < -0.39 is 11.7 Å². The molecule has 0 amide bonds. The Kier molecular flexibility index (Phi) is 7.16. The van der Waals surface area contributed by atoms with Crippen LogP contribution in [0.5, 0.6) is 0 Å². The largest absolute Gasteiger partial charge is 0.394 e. The number of nitrogens with one attached hydrogen (secondary N) is 1. The maximum atomic E-state index is 14.4. The molecule has 5 rings (SSSR count). The van der Waals surface area contributed by atoms with Crippen LogP contribution < -0.4 is 5.32 Å². The van der Waals surface area contributed by atoms with E-state index in [1.807, 2.05) is 29.1 Å². The monoisotopic (exact) mass is 513 g/mol. The molecule has 1 aliphatic heterocycles. The van der Waals surface area contributed by atoms with Crippen LogP contribution in [-0.2, 0) is 13.0 Å². The molecule has 0 aliphatic carbocycles. The van der Waals surface area contributed by atoms with Gasteiger partial charge in [-0.1, -0.05) is 0 Å². The number of aryl methyl sites for hydroxylation is 1. The molecule has 0 bridgehead atoms. The summed E-state index contributed by atoms with van der Waals surface area (Å²) in [6.45, 7) is 1.94. The molecule has 37 heavy (non-hydrogen) atoms. The predicted octanol–water partition coefficient (Wildman–Crippen LogP) is 4.12. The minimum Gasteiger partial charge on any atom is -0.394 e. The molecular formula is C26H30F3N7O. The molecule has 4 aromatic heterocycles. The molecule has 196 valence electrons. The first-order chi connectivity index (χ1) is 17.9. The SMILES string of the molecule is CNc1ncc(-c2ccc3c(CCCN4CCC(F)(F)CC4)cn(-c4cnn(CCO)c4)c3n2)cc1F. The van der Waals surface area contributed by atoms with Crippen LogP contribution in [0.15, 0.2) is 43.0 Å². The van der Waals surface area contributed by atoms with E-state index in [4.69, 9.17) is 4.98 Å². The van der Waals surface area contributed by atoms with Gasteiger partial charge in [-0.05, 0) is 43.1 Å². The molecule has 5 heterocycles. The summed E-state index contributed by atoms with van der Waals surface area (Å²) in [5, 5.41) is 17.3. The summed E-state index contributed by atoms with van der Waals surface area (Å²) in [6.07, 6.45) is 8.58. The highest BCUT2D eigenvalue weighted by Crippen LogP contribution is 2.30. The van der Waals surface area contributed by atoms with Crippen LogP contribution in [0.2, 0.25) is 0 Å². The molecule has 4 aromatic rings. The van der Waals surface area contributed by atoms with Crippen molar-refractivity contribution in [3.63, 3.8) is 0 Å². The lowest BCUT2D eigenvalue weighted by Crippen LogP contribution is -2.39. The van der Waals surface area contributed by atoms with Crippen LogP contribution in [0.3, 0.4) is 0 Å². The number of likely N-dealkylation sites (tertiary alicyclic amines) is 1. The van der Waals surface area contributed by atoms with Crippen LogP contribution in [0.25, 0.3) is 28.0 Å². The summed E-state index contributed by atoms with van der Waals surface area (Å²) >= 11 is 0. The first kappa shape index (κ1) is 25.2. The van der Waals surface area contributed by atoms with Gasteiger partial charge in [-0.2, -0.15) is 5.10 Å². The molecular weight excluding hydrogens is 483 g/mol. The number of rotatable bonds is 9. The third kappa shape index (κ3) is 5.47. The number of piperidine rings is 1. The third-order valence-electron chi connectivity index (χ3n) is 6.84. The minimum atomic E-state index is -2.54. The second kappa shape index (κ2) is 10.5. The van der Waals surface area contributed by atoms with Crippen LogP contribution in [0.1, 0.15) is 24.8 Å². The van der Waals surface area contributed by atoms with Gasteiger partial charge in [0.25, 0.3) is 5.92 Å². The summed E-state index contributed by atoms with van der Waals surface area (Å²) in [4.78, 5) is 11.1. The summed E-state index contributed by atoms with van der Waals surface area (Å²) in [6, 6.07) is 5.24. The first-order valence-electron chi connectivity index (χ1n) is 12.5. The second-order valence-electron chi connectivity index (χ2n) is 9.38. The molecule has 1 fully saturated rings. The highest BCUT2D eigenvalue weighted by molar-refractivity contribution is 5.84. The Hall–Kier alpha value is -3.44. The fourth-order valence-electron chi connectivity index (χ4n) is 4.79. The highest BCUT2D eigenvalue weighted by atomic mass is 19.3. The average Bonchev–Trinajstić information content (AvgIpc) is 3.49. The Bertz CT molecular complexity index is 1370. The van der Waals surface area contributed by atoms with Crippen molar-refractivity contribution in [2.45, 2.75) is 38.2 Å². The smallest absolute Gasteiger partial charge is 0.250 e. The summed E-state index contributed by atoms with van der Waals surface area (Å²) in [7, 11) is 1.61. The fraction of sp³-hybridized carbons (Fsp3) is 0.423. The predicted molar refractivity (Wildman–Crippen MR) is 136 cm³/mol. The maximum Gasteiger partial charge on any atom is 0.250 e. The van der Waals surface area contributed by atoms with E-state index in [2.05, 4.69) is 20.3 Å². The molecule has 1 saturated heterocycles. The number of fused-ring (bicyclic) bond motifs is 1. The summed E-state index contributed by atoms with van der Waals surface area (Å²) in [5.41, 5.74) is 3.73. The highest BCUT2D eigenvalue weighted by Gasteiger charge is 2.33. The number of aliphatic hydroxyl groups excluding tert-OH is 1. The van der Waals surface area contributed by atoms with E-state index in [-0.39, 0.29) is 25.3 Å². The third-order valence-corrected chi connectivity index (χ3v) is 6.84. The Morgan fingerprint density at radius 3 is 2.65 bits per heavy atom. The number of hydrogen-bond acceptors (Lipinski definition) is 6. The molecule has 2 N–H and O–H groups in total. The Labute approximate surface area is 212 Å². The van der Waals surface area contributed by atoms with Gasteiger partial charge in [-0.25, -0.2) is 23.1 Å². The first-order valence-corrected chi connectivity index (χ1v) is 12.5. The van der Waals surface area contributed by atoms with Gasteiger partial charge in [0.05, 0.1) is 30.7 Å². The molecule has 0 aromatic carbocycles. The van der Waals surface area contributed by atoms with Crippen molar-refractivity contribution in [3.8, 4) is 16.9 Å². The number of alkyl halides is 2. The minimum absolute atomic E-state index is 0.0230. The Balaban J connectivity index is 1.44. The van der Waals surface area contributed by atoms with Crippen molar-refractivity contribution < 1.29 is 18.3 Å². The van der Waals surface area contributed by atoms with E-state index in [1.54, 1.807) is 24.1 Å². The van der Waals surface area contributed by atoms with Gasteiger partial charge in [0.2, 0.25) is 0 Å². The molecule has 11 heteroatoms. The number of aromatic nitrogens is 5. The molecule has 0 unspecified atom stereocenters. The summed E-state index contributed by atoms with van der Waals surface area (Å²) < 4.78 is 44.9. The van der Waals surface area contributed by atoms with Gasteiger partial charge in [0.1, 0.15) is 5.65 Å². The van der Waals surface area contributed by atoms with E-state index in [0.717, 1.165) is 36.0 Å². The molecule has 0 atom stereocenters. The van der Waals surface area contributed by atoms with Gasteiger partial charge in [-0.3, -0.25) is 9.25 Å². The van der Waals surface area contributed by atoms with Crippen molar-refractivity contribution in [3.05, 3.63) is 54.4 Å². The lowest BCUT2D eigenvalue weighted by Gasteiger charge is -2.31. The van der Waals surface area contributed by atoms with Crippen molar-refractivity contribution >= 4 is 16.9 Å². The molecule has 0 saturated carbocycles. The lowest BCUT2D eigenvalue weighted by atomic mass is 10.1. The number of aliphatic hydroxyl groups is 1. The van der Waals surface area contributed by atoms with E-state index >= 15 is 0 Å².